The molecular weight excluding hydrogens is 904 g/mol. The topological polar surface area (TPSA) is 66.2 Å². The van der Waals surface area contributed by atoms with Crippen LogP contribution in [0.15, 0.2) is 0 Å². The summed E-state index contributed by atoms with van der Waals surface area (Å²) >= 11 is 0. The molecule has 4 atom stereocenters. The van der Waals surface area contributed by atoms with E-state index in [0.29, 0.717) is 0 Å². The van der Waals surface area contributed by atoms with Gasteiger partial charge in [0.25, 0.3) is 0 Å². The van der Waals surface area contributed by atoms with E-state index in [1.165, 1.54) is 0 Å². The summed E-state index contributed by atoms with van der Waals surface area (Å²) in [6.07, 6.45) is -79.4. The van der Waals surface area contributed by atoms with Crippen molar-refractivity contribution in [1.82, 2.24) is 5.12 Å². The fourth-order valence-electron chi connectivity index (χ4n) is 2.68. The van der Waals surface area contributed by atoms with Crippen LogP contribution >= 0.6 is 0 Å². The highest BCUT2D eigenvalue weighted by atomic mass is 19.4. The lowest BCUT2D eigenvalue weighted by atomic mass is 10.2. The fraction of sp³-hybridized carbons (Fsp3) is 1.00. The number of rotatable bonds is 16. The second kappa shape index (κ2) is 14.1. The predicted octanol–water partition coefficient (Wildman–Crippen LogP) is 9.27. The van der Waals surface area contributed by atoms with Crippen molar-refractivity contribution in [2.45, 2.75) is 90.7 Å². The normalized spacial score (nSPS) is 20.2. The second-order valence-corrected chi connectivity index (χ2v) is 9.34. The maximum atomic E-state index is 14.5. The summed E-state index contributed by atoms with van der Waals surface area (Å²) in [5.74, 6) is -44.6. The molecular formula is C17H6F32N2O4. The molecule has 0 aliphatic rings. The average molecular weight is 910 g/mol. The highest BCUT2D eigenvalue weighted by Gasteiger charge is 2.91. The molecule has 0 aliphatic carbocycles. The van der Waals surface area contributed by atoms with Crippen LogP contribution in [0.25, 0.3) is 0 Å². The van der Waals surface area contributed by atoms with E-state index < -0.39 is 109 Å². The first-order valence-electron chi connectivity index (χ1n) is 11.6. The van der Waals surface area contributed by atoms with Gasteiger partial charge < -0.3 is 5.73 Å². The number of nitrogens with two attached hydrogens (primary N) is 1. The Hall–Kier alpha value is -2.48. The number of ether oxygens (including phenoxy) is 4. The highest BCUT2D eigenvalue weighted by Crippen LogP contribution is 2.62. The third-order valence-corrected chi connectivity index (χ3v) is 5.40. The minimum Gasteiger partial charge on any atom is -0.329 e. The zero-order valence-corrected chi connectivity index (χ0v) is 23.7. The fourth-order valence-corrected chi connectivity index (χ4v) is 2.68. The van der Waals surface area contributed by atoms with Gasteiger partial charge in [-0.05, 0) is 0 Å². The first-order valence-corrected chi connectivity index (χ1v) is 11.6. The summed E-state index contributed by atoms with van der Waals surface area (Å²) in [7, 11) is 0. The Morgan fingerprint density at radius 3 is 0.745 bits per heavy atom. The Bertz CT molecular complexity index is 1320. The maximum Gasteiger partial charge on any atom is 0.462 e. The number of nitrogens with zero attached hydrogens (tertiary/aromatic N) is 1. The summed E-state index contributed by atoms with van der Waals surface area (Å²) in [6.45, 7) is -4.36. The minimum absolute atomic E-state index is 0.788. The standard InChI is InChI=1S/C17H6F32N2O4/c18-3(19,8(24,25)26)14(41,42)53-5(21,10(30,31)32)16(45,46)55-7(23,12(36,37)38)17(47,48)54-6(22,11(33,34)35)15(43,44)52-4(20,9(27,28)29)13(39,40)51(49)2-1-50/h1-2,50H2. The quantitative estimate of drug-likeness (QED) is 0.0948. The SMILES string of the molecule is NCCN(F)C(F)(F)C(F)(OC(F)(F)C(F)(OC(F)(F)C(F)(OC(F)(F)C(F)(OC(F)(F)C(F)(F)C(F)(F)F)C(F)(F)F)C(F)(F)F)C(F)(F)F)C(F)(F)F. The lowest BCUT2D eigenvalue weighted by Crippen LogP contribution is -2.73. The van der Waals surface area contributed by atoms with Crippen LogP contribution in [0.3, 0.4) is 0 Å². The molecule has 0 aromatic rings. The molecule has 6 nitrogen and oxygen atoms in total. The smallest absolute Gasteiger partial charge is 0.329 e. The Morgan fingerprint density at radius 2 is 0.545 bits per heavy atom. The molecule has 0 rings (SSSR count). The van der Waals surface area contributed by atoms with Crippen molar-refractivity contribution >= 4 is 0 Å². The van der Waals surface area contributed by atoms with Crippen LogP contribution < -0.4 is 5.73 Å². The third-order valence-electron chi connectivity index (χ3n) is 5.40. The first-order chi connectivity index (χ1) is 23.3. The van der Waals surface area contributed by atoms with E-state index in [1.807, 2.05) is 0 Å². The van der Waals surface area contributed by atoms with Gasteiger partial charge in [-0.3, -0.25) is 18.9 Å². The molecule has 332 valence electrons. The molecule has 55 heavy (non-hydrogen) atoms. The summed E-state index contributed by atoms with van der Waals surface area (Å²) in [5.41, 5.74) is 4.32. The number of hydrogen-bond acceptors (Lipinski definition) is 6. The van der Waals surface area contributed by atoms with Gasteiger partial charge in [0.05, 0.1) is 0 Å². The monoisotopic (exact) mass is 910 g/mol. The van der Waals surface area contributed by atoms with Crippen LogP contribution in [-0.2, 0) is 18.9 Å². The van der Waals surface area contributed by atoms with Gasteiger partial charge in [-0.2, -0.15) is 136 Å². The van der Waals surface area contributed by atoms with Crippen LogP contribution in [0, 0.1) is 0 Å². The number of halogens is 32. The predicted molar refractivity (Wildman–Crippen MR) is 96.5 cm³/mol. The van der Waals surface area contributed by atoms with Gasteiger partial charge in [0, 0.05) is 13.1 Å². The van der Waals surface area contributed by atoms with E-state index in [9.17, 15) is 141 Å². The highest BCUT2D eigenvalue weighted by molar-refractivity contribution is 5.00. The molecule has 0 saturated carbocycles. The van der Waals surface area contributed by atoms with E-state index in [1.54, 1.807) is 0 Å². The van der Waals surface area contributed by atoms with Crippen molar-refractivity contribution < 1.29 is 160 Å². The summed E-state index contributed by atoms with van der Waals surface area (Å²) in [5, 5.41) is -3.05. The molecule has 0 heterocycles. The van der Waals surface area contributed by atoms with Crippen LogP contribution in [0.2, 0.25) is 0 Å². The van der Waals surface area contributed by atoms with Crippen molar-refractivity contribution in [2.24, 2.45) is 5.73 Å². The summed E-state index contributed by atoms with van der Waals surface area (Å²) < 4.78 is 433. The molecule has 38 heteroatoms. The molecule has 2 N–H and O–H groups in total. The molecule has 0 bridgehead atoms. The molecule has 0 fully saturated rings. The van der Waals surface area contributed by atoms with E-state index >= 15 is 0 Å². The Labute approximate surface area is 275 Å². The van der Waals surface area contributed by atoms with Crippen molar-refractivity contribution in [1.29, 1.82) is 0 Å². The maximum absolute atomic E-state index is 14.5. The van der Waals surface area contributed by atoms with Gasteiger partial charge in [0.2, 0.25) is 0 Å². The van der Waals surface area contributed by atoms with Crippen LogP contribution in [-0.4, -0.2) is 109 Å². The Kier molecular flexibility index (Phi) is 13.5. The summed E-state index contributed by atoms with van der Waals surface area (Å²) in [6, 6.07) is -7.71. The molecule has 4 unspecified atom stereocenters. The van der Waals surface area contributed by atoms with Crippen molar-refractivity contribution in [2.75, 3.05) is 13.1 Å². The van der Waals surface area contributed by atoms with Gasteiger partial charge in [-0.15, -0.1) is 4.48 Å². The number of hydrogen-bond donors (Lipinski definition) is 1. The molecule has 0 aliphatic heterocycles. The van der Waals surface area contributed by atoms with Gasteiger partial charge in [0.1, 0.15) is 0 Å². The summed E-state index contributed by atoms with van der Waals surface area (Å²) in [4.78, 5) is 0. The van der Waals surface area contributed by atoms with E-state index in [2.05, 4.69) is 5.73 Å². The molecule has 0 aromatic heterocycles. The molecule has 0 saturated heterocycles. The van der Waals surface area contributed by atoms with Crippen molar-refractivity contribution in [3.63, 3.8) is 0 Å². The lowest BCUT2D eigenvalue weighted by Gasteiger charge is -2.44. The van der Waals surface area contributed by atoms with Crippen LogP contribution in [0.4, 0.5) is 141 Å². The van der Waals surface area contributed by atoms with E-state index in [0.717, 1.165) is 18.9 Å². The van der Waals surface area contributed by atoms with Crippen LogP contribution in [0.1, 0.15) is 0 Å². The van der Waals surface area contributed by atoms with Gasteiger partial charge in [-0.1, -0.05) is 5.12 Å². The van der Waals surface area contributed by atoms with Crippen molar-refractivity contribution in [3.05, 3.63) is 0 Å². The molecule has 0 spiro atoms. The zero-order chi connectivity index (χ0) is 45.3. The second-order valence-electron chi connectivity index (χ2n) is 9.34. The molecule has 0 amide bonds. The number of alkyl halides is 31. The minimum atomic E-state index is -9.40. The Balaban J connectivity index is 7.86. The first kappa shape index (κ1) is 52.5. The van der Waals surface area contributed by atoms with Crippen molar-refractivity contribution in [3.8, 4) is 0 Å². The average Bonchev–Trinajstić information content (AvgIpc) is 2.88. The van der Waals surface area contributed by atoms with Gasteiger partial charge >= 0.3 is 90.7 Å². The zero-order valence-electron chi connectivity index (χ0n) is 23.7. The molecule has 0 aromatic carbocycles. The largest absolute Gasteiger partial charge is 0.462 e. The van der Waals surface area contributed by atoms with E-state index in [4.69, 9.17) is 0 Å². The van der Waals surface area contributed by atoms with Gasteiger partial charge in [-0.25, -0.2) is 0 Å². The van der Waals surface area contributed by atoms with Gasteiger partial charge in [0.15, 0.2) is 0 Å². The van der Waals surface area contributed by atoms with E-state index in [-0.39, 0.29) is 0 Å². The lowest BCUT2D eigenvalue weighted by molar-refractivity contribution is -0.597. The Morgan fingerprint density at radius 1 is 0.327 bits per heavy atom. The third kappa shape index (κ3) is 8.70. The van der Waals surface area contributed by atoms with Crippen LogP contribution in [0.5, 0.6) is 0 Å². The molecule has 0 radical (unpaired) electrons.